The fourth-order valence-electron chi connectivity index (χ4n) is 3.90. The van der Waals surface area contributed by atoms with Crippen molar-refractivity contribution in [1.29, 1.82) is 0 Å². The Morgan fingerprint density at radius 2 is 2.19 bits per heavy atom. The zero-order valence-corrected chi connectivity index (χ0v) is 15.5. The smallest absolute Gasteiger partial charge is 0.213 e. The van der Waals surface area contributed by atoms with Crippen LogP contribution in [-0.2, 0) is 13.0 Å². The summed E-state index contributed by atoms with van der Waals surface area (Å²) in [5, 5.41) is 8.18. The molecule has 1 unspecified atom stereocenters. The Labute approximate surface area is 155 Å². The van der Waals surface area contributed by atoms with Crippen molar-refractivity contribution in [1.82, 2.24) is 20.1 Å². The number of hydrogen-bond donors (Lipinski definition) is 0. The molecule has 2 aromatic rings. The Morgan fingerprint density at radius 3 is 3.00 bits per heavy atom. The average Bonchev–Trinajstić information content (AvgIpc) is 3.10. The monoisotopic (exact) mass is 353 g/mol. The molecule has 0 amide bonds. The van der Waals surface area contributed by atoms with Gasteiger partial charge in [0.15, 0.2) is 5.82 Å². The van der Waals surface area contributed by atoms with Crippen molar-refractivity contribution in [3.63, 3.8) is 0 Å². The van der Waals surface area contributed by atoms with Crippen molar-refractivity contribution in [3.05, 3.63) is 41.7 Å². The number of rotatable bonds is 6. The normalized spacial score (nSPS) is 20.2. The summed E-state index contributed by atoms with van der Waals surface area (Å²) in [6.07, 6.45) is 6.34. The molecule has 4 rings (SSSR count). The highest BCUT2D eigenvalue weighted by atomic mass is 16.5. The molecular weight excluding hydrogens is 326 g/mol. The number of hydrogen-bond acceptors (Lipinski definition) is 6. The van der Waals surface area contributed by atoms with Crippen LogP contribution in [0.3, 0.4) is 0 Å². The summed E-state index contributed by atoms with van der Waals surface area (Å²) >= 11 is 0. The molecule has 0 saturated carbocycles. The highest BCUT2D eigenvalue weighted by molar-refractivity contribution is 5.42. The SMILES string of the molecule is CC1CCCN1CCCOc1ccc2c(n1)CCN(c1cccnn1)C2. The Bertz CT molecular complexity index is 723. The van der Waals surface area contributed by atoms with Gasteiger partial charge >= 0.3 is 0 Å². The standard InChI is InChI=1S/C20H27N5O/c1-16-5-3-11-24(16)12-4-14-26-20-8-7-17-15-25(13-9-18(17)22-20)19-6-2-10-21-23-19/h2,6-8,10,16H,3-5,9,11-15H2,1H3. The van der Waals surface area contributed by atoms with Crippen LogP contribution in [0, 0.1) is 0 Å². The number of pyridine rings is 1. The van der Waals surface area contributed by atoms with Crippen LogP contribution >= 0.6 is 0 Å². The summed E-state index contributed by atoms with van der Waals surface area (Å²) in [5.74, 6) is 1.68. The lowest BCUT2D eigenvalue weighted by Crippen LogP contribution is -2.31. The third-order valence-corrected chi connectivity index (χ3v) is 5.44. The molecule has 4 heterocycles. The molecule has 0 aromatic carbocycles. The van der Waals surface area contributed by atoms with Gasteiger partial charge in [-0.25, -0.2) is 4.98 Å². The third kappa shape index (κ3) is 3.96. The highest BCUT2D eigenvalue weighted by Crippen LogP contribution is 2.23. The average molecular weight is 353 g/mol. The predicted molar refractivity (Wildman–Crippen MR) is 101 cm³/mol. The van der Waals surface area contributed by atoms with E-state index < -0.39 is 0 Å². The summed E-state index contributed by atoms with van der Waals surface area (Å²) in [7, 11) is 0. The van der Waals surface area contributed by atoms with Gasteiger partial charge in [0.2, 0.25) is 5.88 Å². The van der Waals surface area contributed by atoms with Crippen LogP contribution in [0.4, 0.5) is 5.82 Å². The van der Waals surface area contributed by atoms with E-state index in [1.165, 1.54) is 24.9 Å². The molecule has 6 heteroatoms. The molecule has 138 valence electrons. The van der Waals surface area contributed by atoms with Crippen LogP contribution in [0.15, 0.2) is 30.5 Å². The Morgan fingerprint density at radius 1 is 1.23 bits per heavy atom. The quantitative estimate of drug-likeness (QED) is 0.744. The van der Waals surface area contributed by atoms with Gasteiger partial charge in [-0.2, -0.15) is 5.10 Å². The van der Waals surface area contributed by atoms with Crippen molar-refractivity contribution in [3.8, 4) is 5.88 Å². The maximum Gasteiger partial charge on any atom is 0.213 e. The lowest BCUT2D eigenvalue weighted by atomic mass is 10.1. The summed E-state index contributed by atoms with van der Waals surface area (Å²) in [5.41, 5.74) is 2.40. The predicted octanol–water partition coefficient (Wildman–Crippen LogP) is 2.69. The highest BCUT2D eigenvalue weighted by Gasteiger charge is 2.20. The van der Waals surface area contributed by atoms with E-state index >= 15 is 0 Å². The molecule has 0 N–H and O–H groups in total. The molecule has 1 saturated heterocycles. The zero-order valence-electron chi connectivity index (χ0n) is 15.5. The largest absolute Gasteiger partial charge is 0.478 e. The van der Waals surface area contributed by atoms with Crippen molar-refractivity contribution in [2.45, 2.75) is 45.2 Å². The molecule has 0 aliphatic carbocycles. The molecule has 2 aliphatic heterocycles. The molecule has 2 aromatic heterocycles. The van der Waals surface area contributed by atoms with Crippen molar-refractivity contribution in [2.75, 3.05) is 31.1 Å². The van der Waals surface area contributed by atoms with Crippen molar-refractivity contribution >= 4 is 5.82 Å². The molecule has 0 spiro atoms. The van der Waals surface area contributed by atoms with Crippen LogP contribution < -0.4 is 9.64 Å². The van der Waals surface area contributed by atoms with E-state index in [4.69, 9.17) is 9.72 Å². The second-order valence-electron chi connectivity index (χ2n) is 7.24. The summed E-state index contributed by atoms with van der Waals surface area (Å²) in [6, 6.07) is 8.80. The lowest BCUT2D eigenvalue weighted by Gasteiger charge is -2.28. The summed E-state index contributed by atoms with van der Waals surface area (Å²) in [6.45, 7) is 7.16. The molecule has 26 heavy (non-hydrogen) atoms. The Balaban J connectivity index is 1.29. The molecular formula is C20H27N5O. The maximum absolute atomic E-state index is 5.90. The number of fused-ring (bicyclic) bond motifs is 1. The Kier molecular flexibility index (Phi) is 5.29. The van der Waals surface area contributed by atoms with Crippen molar-refractivity contribution in [2.24, 2.45) is 0 Å². The fourth-order valence-corrected chi connectivity index (χ4v) is 3.90. The molecule has 1 atom stereocenters. The van der Waals surface area contributed by atoms with Crippen LogP contribution in [0.2, 0.25) is 0 Å². The minimum absolute atomic E-state index is 0.731. The van der Waals surface area contributed by atoms with Gasteiger partial charge in [-0.15, -0.1) is 5.10 Å². The van der Waals surface area contributed by atoms with Gasteiger partial charge in [-0.3, -0.25) is 0 Å². The van der Waals surface area contributed by atoms with E-state index in [2.05, 4.69) is 33.0 Å². The number of nitrogens with zero attached hydrogens (tertiary/aromatic N) is 5. The lowest BCUT2D eigenvalue weighted by molar-refractivity contribution is 0.226. The summed E-state index contributed by atoms with van der Waals surface area (Å²) in [4.78, 5) is 9.53. The molecule has 1 fully saturated rings. The van der Waals surface area contributed by atoms with Crippen LogP contribution in [-0.4, -0.2) is 52.4 Å². The molecule has 6 nitrogen and oxygen atoms in total. The van der Waals surface area contributed by atoms with Gasteiger partial charge in [0.25, 0.3) is 0 Å². The van der Waals surface area contributed by atoms with E-state index in [9.17, 15) is 0 Å². The number of aromatic nitrogens is 3. The van der Waals surface area contributed by atoms with Crippen LogP contribution in [0.5, 0.6) is 5.88 Å². The molecule has 2 aliphatic rings. The van der Waals surface area contributed by atoms with Crippen LogP contribution in [0.1, 0.15) is 37.4 Å². The number of anilines is 1. The van der Waals surface area contributed by atoms with Crippen molar-refractivity contribution < 1.29 is 4.74 Å². The molecule has 0 radical (unpaired) electrons. The van der Waals surface area contributed by atoms with Gasteiger partial charge in [-0.1, -0.05) is 6.07 Å². The van der Waals surface area contributed by atoms with Crippen LogP contribution in [0.25, 0.3) is 0 Å². The van der Waals surface area contributed by atoms with Gasteiger partial charge in [0.1, 0.15) is 0 Å². The first-order valence-electron chi connectivity index (χ1n) is 9.68. The van der Waals surface area contributed by atoms with E-state index in [0.717, 1.165) is 62.5 Å². The van der Waals surface area contributed by atoms with E-state index in [-0.39, 0.29) is 0 Å². The minimum Gasteiger partial charge on any atom is -0.478 e. The molecule has 0 bridgehead atoms. The van der Waals surface area contributed by atoms with Gasteiger partial charge in [0, 0.05) is 44.4 Å². The Hall–Kier alpha value is -2.21. The topological polar surface area (TPSA) is 54.4 Å². The maximum atomic E-state index is 5.90. The second kappa shape index (κ2) is 7.99. The fraction of sp³-hybridized carbons (Fsp3) is 0.550. The zero-order chi connectivity index (χ0) is 17.8. The van der Waals surface area contributed by atoms with Gasteiger partial charge in [0.05, 0.1) is 12.3 Å². The third-order valence-electron chi connectivity index (χ3n) is 5.44. The minimum atomic E-state index is 0.731. The number of ether oxygens (including phenoxy) is 1. The van der Waals surface area contributed by atoms with E-state index in [1.807, 2.05) is 18.2 Å². The van der Waals surface area contributed by atoms with E-state index in [1.54, 1.807) is 6.20 Å². The van der Waals surface area contributed by atoms with Gasteiger partial charge in [-0.05, 0) is 50.4 Å². The number of likely N-dealkylation sites (tertiary alicyclic amines) is 1. The second-order valence-corrected chi connectivity index (χ2v) is 7.24. The summed E-state index contributed by atoms with van der Waals surface area (Å²) < 4.78 is 5.90. The first-order valence-corrected chi connectivity index (χ1v) is 9.68. The van der Waals surface area contributed by atoms with Gasteiger partial charge < -0.3 is 14.5 Å². The first-order chi connectivity index (χ1) is 12.8. The van der Waals surface area contributed by atoms with E-state index in [0.29, 0.717) is 0 Å². The first kappa shape index (κ1) is 17.2.